The Labute approximate surface area is 200 Å². The van der Waals surface area contributed by atoms with E-state index in [1.54, 1.807) is 12.1 Å². The first-order chi connectivity index (χ1) is 16.5. The molecular formula is C26H23FN2O4S. The molecule has 3 aliphatic rings. The lowest BCUT2D eigenvalue weighted by Gasteiger charge is -2.35. The lowest BCUT2D eigenvalue weighted by molar-refractivity contribution is -0.131. The maximum Gasteiger partial charge on any atom is 0.296 e. The zero-order chi connectivity index (χ0) is 23.4. The molecule has 1 amide bonds. The van der Waals surface area contributed by atoms with Crippen LogP contribution in [-0.4, -0.2) is 29.4 Å². The monoisotopic (exact) mass is 478 g/mol. The summed E-state index contributed by atoms with van der Waals surface area (Å²) in [5.41, 5.74) is 1.76. The van der Waals surface area contributed by atoms with Crippen LogP contribution >= 0.6 is 11.3 Å². The molecule has 34 heavy (non-hydrogen) atoms. The molecule has 174 valence electrons. The van der Waals surface area contributed by atoms with Crippen molar-refractivity contribution in [2.75, 3.05) is 11.5 Å². The van der Waals surface area contributed by atoms with E-state index in [2.05, 4.69) is 0 Å². The number of ether oxygens (including phenoxy) is 2. The molecule has 3 heterocycles. The van der Waals surface area contributed by atoms with E-state index in [-0.39, 0.29) is 35.3 Å². The zero-order valence-electron chi connectivity index (χ0n) is 18.6. The van der Waals surface area contributed by atoms with Crippen LogP contribution in [0.4, 0.5) is 9.52 Å². The highest BCUT2D eigenvalue weighted by Gasteiger charge is 2.53. The number of hydrogen-bond acceptors (Lipinski definition) is 6. The number of carbonyl (C=O) groups is 2. The second-order valence-corrected chi connectivity index (χ2v) is 9.85. The largest absolute Gasteiger partial charge is 0.494 e. The topological polar surface area (TPSA) is 68.7 Å². The fraction of sp³-hybridized carbons (Fsp3) is 0.346. The molecule has 1 aliphatic carbocycles. The van der Waals surface area contributed by atoms with Crippen molar-refractivity contribution in [2.45, 2.75) is 44.8 Å². The number of rotatable bonds is 4. The Morgan fingerprint density at radius 1 is 1.15 bits per heavy atom. The van der Waals surface area contributed by atoms with E-state index in [1.807, 2.05) is 25.1 Å². The van der Waals surface area contributed by atoms with Gasteiger partial charge in [0.15, 0.2) is 16.7 Å². The second kappa shape index (κ2) is 8.20. The van der Waals surface area contributed by atoms with Crippen molar-refractivity contribution in [1.82, 2.24) is 4.98 Å². The fourth-order valence-corrected chi connectivity index (χ4v) is 6.28. The average Bonchev–Trinajstić information content (AvgIpc) is 3.38. The number of nitrogens with zero attached hydrogens (tertiary/aromatic N) is 2. The first kappa shape index (κ1) is 21.3. The van der Waals surface area contributed by atoms with Gasteiger partial charge in [0.1, 0.15) is 17.7 Å². The van der Waals surface area contributed by atoms with Gasteiger partial charge in [0, 0.05) is 0 Å². The van der Waals surface area contributed by atoms with E-state index in [0.717, 1.165) is 41.6 Å². The van der Waals surface area contributed by atoms with Gasteiger partial charge in [-0.25, -0.2) is 9.37 Å². The quantitative estimate of drug-likeness (QED) is 0.507. The number of fused-ring (bicyclic) bond motifs is 2. The summed E-state index contributed by atoms with van der Waals surface area (Å²) in [5, 5.41) is 0.469. The maximum absolute atomic E-state index is 13.7. The number of aromatic nitrogens is 1. The number of ketones is 1. The minimum atomic E-state index is -0.703. The molecule has 2 aromatic carbocycles. The van der Waals surface area contributed by atoms with Gasteiger partial charge < -0.3 is 9.47 Å². The molecule has 0 saturated heterocycles. The molecule has 8 heteroatoms. The average molecular weight is 479 g/mol. The molecule has 2 aliphatic heterocycles. The van der Waals surface area contributed by atoms with Crippen LogP contribution in [0.2, 0.25) is 0 Å². The number of thiazole rings is 1. The Morgan fingerprint density at radius 3 is 2.74 bits per heavy atom. The summed E-state index contributed by atoms with van der Waals surface area (Å²) in [7, 11) is 0. The van der Waals surface area contributed by atoms with E-state index in [1.165, 1.54) is 28.4 Å². The predicted octanol–water partition coefficient (Wildman–Crippen LogP) is 5.33. The van der Waals surface area contributed by atoms with Gasteiger partial charge in [-0.2, -0.15) is 0 Å². The molecule has 0 N–H and O–H groups in total. The van der Waals surface area contributed by atoms with E-state index < -0.39 is 6.04 Å². The smallest absolute Gasteiger partial charge is 0.296 e. The molecule has 0 bridgehead atoms. The van der Waals surface area contributed by atoms with Crippen molar-refractivity contribution < 1.29 is 23.5 Å². The van der Waals surface area contributed by atoms with E-state index in [9.17, 15) is 14.0 Å². The summed E-state index contributed by atoms with van der Waals surface area (Å²) in [6.07, 6.45) is 3.21. The van der Waals surface area contributed by atoms with Crippen LogP contribution in [-0.2, 0) is 14.3 Å². The summed E-state index contributed by atoms with van der Waals surface area (Å²) in [6.45, 7) is 2.47. The highest BCUT2D eigenvalue weighted by molar-refractivity contribution is 7.22. The van der Waals surface area contributed by atoms with Gasteiger partial charge in [0.2, 0.25) is 0 Å². The van der Waals surface area contributed by atoms with Crippen molar-refractivity contribution in [3.8, 4) is 5.75 Å². The molecule has 6 rings (SSSR count). The number of amides is 1. The molecule has 1 aromatic heterocycles. The van der Waals surface area contributed by atoms with Crippen LogP contribution in [0, 0.1) is 11.7 Å². The van der Waals surface area contributed by atoms with Gasteiger partial charge in [-0.05, 0) is 62.1 Å². The summed E-state index contributed by atoms with van der Waals surface area (Å²) < 4.78 is 26.4. The summed E-state index contributed by atoms with van der Waals surface area (Å²) in [5.74, 6) is -0.172. The molecule has 1 saturated carbocycles. The van der Waals surface area contributed by atoms with E-state index >= 15 is 0 Å². The molecular weight excluding hydrogens is 455 g/mol. The Morgan fingerprint density at radius 2 is 1.94 bits per heavy atom. The van der Waals surface area contributed by atoms with Gasteiger partial charge >= 0.3 is 0 Å². The van der Waals surface area contributed by atoms with E-state index in [0.29, 0.717) is 22.9 Å². The third kappa shape index (κ3) is 3.31. The van der Waals surface area contributed by atoms with Crippen molar-refractivity contribution in [2.24, 2.45) is 5.92 Å². The van der Waals surface area contributed by atoms with Crippen LogP contribution in [0.3, 0.4) is 0 Å². The Bertz CT molecular complexity index is 1330. The van der Waals surface area contributed by atoms with Gasteiger partial charge in [-0.1, -0.05) is 29.9 Å². The summed E-state index contributed by atoms with van der Waals surface area (Å²) >= 11 is 1.36. The highest BCUT2D eigenvalue weighted by Crippen LogP contribution is 2.49. The Hall–Kier alpha value is -3.26. The first-order valence-corrected chi connectivity index (χ1v) is 12.4. The van der Waals surface area contributed by atoms with Crippen molar-refractivity contribution in [1.29, 1.82) is 0 Å². The Balaban J connectivity index is 1.48. The van der Waals surface area contributed by atoms with Crippen LogP contribution in [0.25, 0.3) is 10.2 Å². The van der Waals surface area contributed by atoms with Crippen LogP contribution in [0.5, 0.6) is 5.75 Å². The third-order valence-corrected chi connectivity index (χ3v) is 7.83. The minimum absolute atomic E-state index is 0.0316. The van der Waals surface area contributed by atoms with Crippen LogP contribution in [0.1, 0.15) is 44.2 Å². The van der Waals surface area contributed by atoms with Crippen LogP contribution in [0.15, 0.2) is 53.8 Å². The molecule has 3 atom stereocenters. The number of Topliss-reactive ketones (excluding diaryl/α,β-unsaturated/α-hetero) is 1. The maximum atomic E-state index is 13.7. The van der Waals surface area contributed by atoms with Crippen molar-refractivity contribution in [3.63, 3.8) is 0 Å². The number of carbonyl (C=O) groups excluding carboxylic acids is 2. The van der Waals surface area contributed by atoms with E-state index in [4.69, 9.17) is 14.5 Å². The molecule has 3 unspecified atom stereocenters. The third-order valence-electron chi connectivity index (χ3n) is 6.81. The van der Waals surface area contributed by atoms with Crippen molar-refractivity contribution in [3.05, 3.63) is 65.2 Å². The summed E-state index contributed by atoms with van der Waals surface area (Å²) in [4.78, 5) is 33.6. The minimum Gasteiger partial charge on any atom is -0.494 e. The molecule has 0 spiro atoms. The standard InChI is InChI=1S/C26H23FN2O4S/c1-2-32-16-11-12-18-20(13-16)34-26(28-18)29-22(14-7-9-15(27)10-8-14)21-23(30)17-5-3-4-6-19(17)33-24(21)25(29)31/h7-13,17,19,22H,2-6H2,1H3. The molecule has 0 radical (unpaired) electrons. The lowest BCUT2D eigenvalue weighted by atomic mass is 9.77. The lowest BCUT2D eigenvalue weighted by Crippen LogP contribution is -2.39. The van der Waals surface area contributed by atoms with Gasteiger partial charge in [0.25, 0.3) is 5.91 Å². The normalized spacial score (nSPS) is 24.3. The predicted molar refractivity (Wildman–Crippen MR) is 126 cm³/mol. The fourth-order valence-electron chi connectivity index (χ4n) is 5.26. The second-order valence-electron chi connectivity index (χ2n) is 8.84. The van der Waals surface area contributed by atoms with Gasteiger partial charge in [-0.3, -0.25) is 14.5 Å². The molecule has 1 fully saturated rings. The summed E-state index contributed by atoms with van der Waals surface area (Å²) in [6, 6.07) is 10.8. The number of halogens is 1. The van der Waals surface area contributed by atoms with Gasteiger partial charge in [0.05, 0.1) is 34.4 Å². The molecule has 6 nitrogen and oxygen atoms in total. The van der Waals surface area contributed by atoms with Crippen LogP contribution < -0.4 is 9.64 Å². The highest BCUT2D eigenvalue weighted by atomic mass is 32.1. The van der Waals surface area contributed by atoms with Crippen molar-refractivity contribution >= 4 is 38.4 Å². The number of anilines is 1. The Kier molecular flexibility index (Phi) is 5.13. The molecule has 3 aromatic rings. The van der Waals surface area contributed by atoms with Gasteiger partial charge in [-0.15, -0.1) is 0 Å². The first-order valence-electron chi connectivity index (χ1n) is 11.6. The number of benzene rings is 2. The number of hydrogen-bond donors (Lipinski definition) is 0. The SMILES string of the molecule is CCOc1ccc2nc(N3C(=O)C4=C(C(=O)C5CCCCC5O4)C3c3ccc(F)cc3)sc2c1. The zero-order valence-corrected chi connectivity index (χ0v) is 19.4.